The number of rotatable bonds is 11. The third-order valence-corrected chi connectivity index (χ3v) is 7.71. The monoisotopic (exact) mass is 560 g/mol. The number of hydrogen-bond acceptors (Lipinski definition) is 6. The molecule has 0 saturated carbocycles. The predicted molar refractivity (Wildman–Crippen MR) is 146 cm³/mol. The van der Waals surface area contributed by atoms with Gasteiger partial charge in [-0.1, -0.05) is 31.2 Å². The van der Waals surface area contributed by atoms with Gasteiger partial charge in [-0.3, -0.25) is 9.48 Å². The maximum atomic E-state index is 14.1. The molecule has 204 valence electrons. The van der Waals surface area contributed by atoms with E-state index in [0.717, 1.165) is 6.04 Å². The molecule has 0 aliphatic carbocycles. The summed E-state index contributed by atoms with van der Waals surface area (Å²) in [5.74, 6) is -0.762. The van der Waals surface area contributed by atoms with Gasteiger partial charge < -0.3 is 19.7 Å². The molecule has 0 unspecified atom stereocenters. The van der Waals surface area contributed by atoms with Crippen LogP contribution in [0.1, 0.15) is 42.6 Å². The number of halogens is 2. The first-order valence-corrected chi connectivity index (χ1v) is 16.4. The molecule has 3 aromatic rings. The van der Waals surface area contributed by atoms with Gasteiger partial charge in [0.2, 0.25) is 0 Å². The summed E-state index contributed by atoms with van der Waals surface area (Å²) in [5.41, 5.74) is -0.368. The molecule has 1 atom stereocenters. The number of carbonyl (C=O) groups excluding carboxylic acids is 1. The number of hydrogen-bond donors (Lipinski definition) is 2. The zero-order valence-corrected chi connectivity index (χ0v) is 24.3. The van der Waals surface area contributed by atoms with E-state index in [2.05, 4.69) is 35.0 Å². The molecule has 0 aliphatic rings. The van der Waals surface area contributed by atoms with Gasteiger partial charge in [0.25, 0.3) is 5.91 Å². The van der Waals surface area contributed by atoms with Crippen molar-refractivity contribution in [1.29, 1.82) is 5.26 Å². The first-order chi connectivity index (χ1) is 17.7. The summed E-state index contributed by atoms with van der Waals surface area (Å²) in [5, 5.41) is 26.9. The minimum atomic E-state index is -1.26. The molecule has 0 radical (unpaired) electrons. The second-order valence-corrected chi connectivity index (χ2v) is 17.1. The van der Waals surface area contributed by atoms with Gasteiger partial charge in [0.15, 0.2) is 0 Å². The Morgan fingerprint density at radius 3 is 2.68 bits per heavy atom. The third kappa shape index (κ3) is 7.74. The molecule has 0 aliphatic heterocycles. The second kappa shape index (κ2) is 11.8. The van der Waals surface area contributed by atoms with E-state index >= 15 is 0 Å². The highest BCUT2D eigenvalue weighted by Crippen LogP contribution is 2.27. The van der Waals surface area contributed by atoms with Crippen LogP contribution in [0.5, 0.6) is 0 Å². The molecule has 38 heavy (non-hydrogen) atoms. The fourth-order valence-electron chi connectivity index (χ4n) is 3.72. The number of ether oxygens (including phenoxy) is 1. The van der Waals surface area contributed by atoms with Crippen LogP contribution in [-0.4, -0.2) is 51.1 Å². The summed E-state index contributed by atoms with van der Waals surface area (Å²) in [7, 11) is -1.24. The summed E-state index contributed by atoms with van der Waals surface area (Å²) in [6.07, 6.45) is 3.29. The molecule has 2 aromatic heterocycles. The zero-order chi connectivity index (χ0) is 28.3. The molecule has 0 bridgehead atoms. The molecule has 12 heteroatoms. The molecule has 3 rings (SSSR count). The van der Waals surface area contributed by atoms with Crippen molar-refractivity contribution in [2.45, 2.75) is 71.4 Å². The topological polar surface area (TPSA) is 118 Å². The molecule has 1 aromatic carbocycles. The van der Waals surface area contributed by atoms with Gasteiger partial charge in [-0.05, 0) is 45.0 Å². The first kappa shape index (κ1) is 29.5. The third-order valence-electron chi connectivity index (χ3n) is 5.71. The van der Waals surface area contributed by atoms with Crippen molar-refractivity contribution in [3.8, 4) is 17.3 Å². The van der Waals surface area contributed by atoms with E-state index in [1.165, 1.54) is 12.1 Å². The lowest BCUT2D eigenvalue weighted by Crippen LogP contribution is -2.36. The maximum Gasteiger partial charge on any atom is 0.271 e. The fourth-order valence-corrected chi connectivity index (χ4v) is 4.73. The van der Waals surface area contributed by atoms with E-state index in [1.54, 1.807) is 47.6 Å². The van der Waals surface area contributed by atoms with Gasteiger partial charge in [0, 0.05) is 38.7 Å². The van der Waals surface area contributed by atoms with Gasteiger partial charge in [-0.15, -0.1) is 0 Å². The average molecular weight is 561 g/mol. The van der Waals surface area contributed by atoms with Crippen molar-refractivity contribution < 1.29 is 19.0 Å². The van der Waals surface area contributed by atoms with Crippen LogP contribution in [0.2, 0.25) is 30.7 Å². The Morgan fingerprint density at radius 2 is 2.08 bits per heavy atom. The molecule has 1 amide bonds. The fraction of sp³-hybridized carbons (Fsp3) is 0.462. The van der Waals surface area contributed by atoms with Gasteiger partial charge in [0.05, 0.1) is 17.3 Å². The highest BCUT2D eigenvalue weighted by Gasteiger charge is 2.26. The standard InChI is InChI=1S/C26H34ClFN6O3Si/c1-17(14-34-8-7-22(32-34)18-11-20(27)19(13-29)21(28)12-18)30-24(35)23-15-33(25(31-23)26(2,3)36)16-37-9-10-38(4,5)6/h7-8,11-12,15,17,36H,9-10,14,16H2,1-6H3,(H,30,35)/t17-/m0/s1. The second-order valence-electron chi connectivity index (χ2n) is 11.1. The Bertz CT molecular complexity index is 1310. The van der Waals surface area contributed by atoms with E-state index in [0.29, 0.717) is 30.2 Å². The normalized spacial score (nSPS) is 12.8. The number of carbonyl (C=O) groups is 1. The van der Waals surface area contributed by atoms with Crippen LogP contribution in [0, 0.1) is 17.1 Å². The van der Waals surface area contributed by atoms with Crippen molar-refractivity contribution >= 4 is 25.6 Å². The van der Waals surface area contributed by atoms with Crippen molar-refractivity contribution in [3.63, 3.8) is 0 Å². The van der Waals surface area contributed by atoms with Crippen molar-refractivity contribution in [3.05, 3.63) is 58.5 Å². The number of nitrogens with one attached hydrogen (secondary N) is 1. The van der Waals surface area contributed by atoms with Gasteiger partial charge in [0.1, 0.15) is 41.3 Å². The Labute approximate surface area is 228 Å². The minimum absolute atomic E-state index is 0.0176. The average Bonchev–Trinajstić information content (AvgIpc) is 3.43. The van der Waals surface area contributed by atoms with Crippen LogP contribution in [0.4, 0.5) is 4.39 Å². The molecule has 2 N–H and O–H groups in total. The number of aliphatic hydroxyl groups is 1. The van der Waals surface area contributed by atoms with E-state index in [-0.39, 0.29) is 29.1 Å². The quantitative estimate of drug-likeness (QED) is 0.258. The first-order valence-electron chi connectivity index (χ1n) is 12.3. The number of amides is 1. The lowest BCUT2D eigenvalue weighted by atomic mass is 10.1. The van der Waals surface area contributed by atoms with Crippen molar-refractivity contribution in [1.82, 2.24) is 24.6 Å². The Balaban J connectivity index is 1.66. The van der Waals surface area contributed by atoms with E-state index in [1.807, 2.05) is 6.92 Å². The van der Waals surface area contributed by atoms with Crippen LogP contribution >= 0.6 is 11.6 Å². The summed E-state index contributed by atoms with van der Waals surface area (Å²) < 4.78 is 23.2. The lowest BCUT2D eigenvalue weighted by Gasteiger charge is -2.19. The van der Waals surface area contributed by atoms with Crippen LogP contribution in [0.15, 0.2) is 30.6 Å². The molecule has 0 spiro atoms. The molecule has 9 nitrogen and oxygen atoms in total. The summed E-state index contributed by atoms with van der Waals surface area (Å²) in [6, 6.07) is 6.83. The number of nitriles is 1. The number of benzene rings is 1. The molecule has 0 saturated heterocycles. The molecule has 2 heterocycles. The van der Waals surface area contributed by atoms with Gasteiger partial charge in [-0.25, -0.2) is 9.37 Å². The SMILES string of the molecule is C[C@@H](Cn1ccc(-c2cc(F)c(C#N)c(Cl)c2)n1)NC(=O)c1cn(COCC[Si](C)(C)C)c(C(C)(C)O)n1. The largest absolute Gasteiger partial charge is 0.383 e. The van der Waals surface area contributed by atoms with E-state index in [4.69, 9.17) is 21.6 Å². The Hall–Kier alpha value is -3.04. The lowest BCUT2D eigenvalue weighted by molar-refractivity contribution is 0.0412. The van der Waals surface area contributed by atoms with E-state index in [9.17, 15) is 14.3 Å². The summed E-state index contributed by atoms with van der Waals surface area (Å²) in [4.78, 5) is 17.3. The molecule has 0 fully saturated rings. The molecular formula is C26H34ClFN6O3Si. The van der Waals surface area contributed by atoms with Crippen molar-refractivity contribution in [2.24, 2.45) is 0 Å². The molecular weight excluding hydrogens is 527 g/mol. The minimum Gasteiger partial charge on any atom is -0.383 e. The highest BCUT2D eigenvalue weighted by molar-refractivity contribution is 6.76. The highest BCUT2D eigenvalue weighted by atomic mass is 35.5. The Kier molecular flexibility index (Phi) is 9.15. The van der Waals surface area contributed by atoms with Crippen LogP contribution in [0.25, 0.3) is 11.3 Å². The maximum absolute atomic E-state index is 14.1. The van der Waals surface area contributed by atoms with Crippen LogP contribution < -0.4 is 5.32 Å². The Morgan fingerprint density at radius 1 is 1.37 bits per heavy atom. The van der Waals surface area contributed by atoms with Crippen LogP contribution in [0.3, 0.4) is 0 Å². The van der Waals surface area contributed by atoms with Gasteiger partial charge >= 0.3 is 0 Å². The van der Waals surface area contributed by atoms with Crippen LogP contribution in [-0.2, 0) is 23.6 Å². The van der Waals surface area contributed by atoms with Gasteiger partial charge in [-0.2, -0.15) is 10.4 Å². The van der Waals surface area contributed by atoms with E-state index < -0.39 is 25.4 Å². The predicted octanol–water partition coefficient (Wildman–Crippen LogP) is 4.77. The number of aromatic nitrogens is 4. The van der Waals surface area contributed by atoms with Crippen molar-refractivity contribution in [2.75, 3.05) is 6.61 Å². The summed E-state index contributed by atoms with van der Waals surface area (Å²) >= 11 is 6.01. The summed E-state index contributed by atoms with van der Waals surface area (Å²) in [6.45, 7) is 13.0. The smallest absolute Gasteiger partial charge is 0.271 e. The number of imidazole rings is 1. The number of nitrogens with zero attached hydrogens (tertiary/aromatic N) is 5. The zero-order valence-electron chi connectivity index (χ0n) is 22.5.